The molecule has 0 saturated heterocycles. The largest absolute Gasteiger partial charge is 0.345 e. The van der Waals surface area contributed by atoms with Gasteiger partial charge in [0.1, 0.15) is 0 Å². The van der Waals surface area contributed by atoms with Gasteiger partial charge in [-0.25, -0.2) is 0 Å². The van der Waals surface area contributed by atoms with E-state index in [9.17, 15) is 4.79 Å². The van der Waals surface area contributed by atoms with Gasteiger partial charge in [-0.05, 0) is 13.8 Å². The highest BCUT2D eigenvalue weighted by molar-refractivity contribution is 5.77. The van der Waals surface area contributed by atoms with Gasteiger partial charge in [-0.2, -0.15) is 0 Å². The summed E-state index contributed by atoms with van der Waals surface area (Å²) in [7, 11) is 1.79. The van der Waals surface area contributed by atoms with E-state index in [1.54, 1.807) is 18.9 Å². The van der Waals surface area contributed by atoms with Crippen LogP contribution in [0.5, 0.6) is 0 Å². The molecule has 68 valence electrons. The summed E-state index contributed by atoms with van der Waals surface area (Å²) in [5.74, 6) is 5.68. The van der Waals surface area contributed by atoms with Crippen molar-refractivity contribution in [2.24, 2.45) is 0 Å². The highest BCUT2D eigenvalue weighted by Crippen LogP contribution is 1.80. The standard InChI is InChI=1S/C9H16N2O/c1-4-6-7-10-8-9(12)11(3)5-2/h10H,5,7-8H2,1-3H3. The van der Waals surface area contributed by atoms with Crippen LogP contribution in [-0.2, 0) is 4.79 Å². The minimum Gasteiger partial charge on any atom is -0.345 e. The molecule has 0 aliphatic rings. The lowest BCUT2D eigenvalue weighted by Gasteiger charge is -2.13. The number of likely N-dealkylation sites (N-methyl/N-ethyl adjacent to an activating group) is 1. The molecule has 0 heterocycles. The van der Waals surface area contributed by atoms with E-state index < -0.39 is 0 Å². The molecule has 0 atom stereocenters. The average molecular weight is 168 g/mol. The molecule has 0 bridgehead atoms. The molecule has 0 radical (unpaired) electrons. The van der Waals surface area contributed by atoms with Gasteiger partial charge in [0.2, 0.25) is 5.91 Å². The molecular weight excluding hydrogens is 152 g/mol. The van der Waals surface area contributed by atoms with Crippen LogP contribution >= 0.6 is 0 Å². The molecule has 0 fully saturated rings. The number of hydrogen-bond acceptors (Lipinski definition) is 2. The molecule has 1 amide bonds. The van der Waals surface area contributed by atoms with Crippen LogP contribution in [0.15, 0.2) is 0 Å². The average Bonchev–Trinajstić information content (AvgIpc) is 2.10. The predicted molar refractivity (Wildman–Crippen MR) is 49.6 cm³/mol. The highest BCUT2D eigenvalue weighted by atomic mass is 16.2. The van der Waals surface area contributed by atoms with Crippen molar-refractivity contribution in [3.05, 3.63) is 0 Å². The predicted octanol–water partition coefficient (Wildman–Crippen LogP) is 0.0776. The van der Waals surface area contributed by atoms with E-state index in [-0.39, 0.29) is 5.91 Å². The van der Waals surface area contributed by atoms with Gasteiger partial charge >= 0.3 is 0 Å². The number of rotatable bonds is 4. The fourth-order valence-corrected chi connectivity index (χ4v) is 0.632. The Kier molecular flexibility index (Phi) is 6.12. The Balaban J connectivity index is 3.48. The first-order valence-corrected chi connectivity index (χ1v) is 4.06. The van der Waals surface area contributed by atoms with Crippen molar-refractivity contribution >= 4 is 5.91 Å². The zero-order valence-corrected chi connectivity index (χ0v) is 7.98. The third-order valence-electron chi connectivity index (χ3n) is 1.57. The molecule has 0 saturated carbocycles. The van der Waals surface area contributed by atoms with Crippen molar-refractivity contribution < 1.29 is 4.79 Å². The van der Waals surface area contributed by atoms with Gasteiger partial charge < -0.3 is 4.90 Å². The Morgan fingerprint density at radius 2 is 2.25 bits per heavy atom. The Bertz CT molecular complexity index is 190. The zero-order chi connectivity index (χ0) is 9.40. The molecule has 0 spiro atoms. The van der Waals surface area contributed by atoms with Crippen molar-refractivity contribution in [3.63, 3.8) is 0 Å². The van der Waals surface area contributed by atoms with Gasteiger partial charge in [0.25, 0.3) is 0 Å². The third kappa shape index (κ3) is 4.75. The summed E-state index contributed by atoms with van der Waals surface area (Å²) in [5, 5.41) is 2.94. The van der Waals surface area contributed by atoms with Crippen LogP contribution in [0.4, 0.5) is 0 Å². The van der Waals surface area contributed by atoms with Crippen LogP contribution in [0.1, 0.15) is 13.8 Å². The molecule has 0 aliphatic heterocycles. The van der Waals surface area contributed by atoms with E-state index in [2.05, 4.69) is 17.2 Å². The smallest absolute Gasteiger partial charge is 0.236 e. The summed E-state index contributed by atoms with van der Waals surface area (Å²) in [6.07, 6.45) is 0. The Labute approximate surface area is 74.1 Å². The lowest BCUT2D eigenvalue weighted by Crippen LogP contribution is -2.35. The molecule has 0 aromatic carbocycles. The Morgan fingerprint density at radius 3 is 2.75 bits per heavy atom. The topological polar surface area (TPSA) is 32.3 Å². The summed E-state index contributed by atoms with van der Waals surface area (Å²) >= 11 is 0. The van der Waals surface area contributed by atoms with E-state index in [1.165, 1.54) is 0 Å². The van der Waals surface area contributed by atoms with E-state index in [0.29, 0.717) is 13.1 Å². The van der Waals surface area contributed by atoms with Gasteiger partial charge in [-0.1, -0.05) is 5.92 Å². The molecule has 12 heavy (non-hydrogen) atoms. The zero-order valence-electron chi connectivity index (χ0n) is 7.98. The number of hydrogen-bond donors (Lipinski definition) is 1. The molecule has 0 aliphatic carbocycles. The number of nitrogens with zero attached hydrogens (tertiary/aromatic N) is 1. The maximum atomic E-state index is 11.2. The minimum absolute atomic E-state index is 0.107. The van der Waals surface area contributed by atoms with Crippen molar-refractivity contribution in [3.8, 4) is 11.8 Å². The number of nitrogens with one attached hydrogen (secondary N) is 1. The minimum atomic E-state index is 0.107. The van der Waals surface area contributed by atoms with E-state index in [1.807, 2.05) is 6.92 Å². The summed E-state index contributed by atoms with van der Waals surface area (Å²) in [5.41, 5.74) is 0. The summed E-state index contributed by atoms with van der Waals surface area (Å²) in [6.45, 7) is 5.43. The lowest BCUT2D eigenvalue weighted by atomic mass is 10.5. The molecular formula is C9H16N2O. The van der Waals surface area contributed by atoms with Crippen molar-refractivity contribution in [2.45, 2.75) is 13.8 Å². The van der Waals surface area contributed by atoms with E-state index in [4.69, 9.17) is 0 Å². The van der Waals surface area contributed by atoms with Gasteiger partial charge in [0.15, 0.2) is 0 Å². The Morgan fingerprint density at radius 1 is 1.58 bits per heavy atom. The summed E-state index contributed by atoms with van der Waals surface area (Å²) in [6, 6.07) is 0. The SMILES string of the molecule is CC#CCNCC(=O)N(C)CC. The number of carbonyl (C=O) groups excluding carboxylic acids is 1. The maximum absolute atomic E-state index is 11.2. The second kappa shape index (κ2) is 6.68. The second-order valence-corrected chi connectivity index (χ2v) is 2.44. The lowest BCUT2D eigenvalue weighted by molar-refractivity contribution is -0.128. The van der Waals surface area contributed by atoms with Crippen LogP contribution < -0.4 is 5.32 Å². The first-order valence-electron chi connectivity index (χ1n) is 4.06. The van der Waals surface area contributed by atoms with Crippen LogP contribution in [-0.4, -0.2) is 37.5 Å². The third-order valence-corrected chi connectivity index (χ3v) is 1.57. The first-order chi connectivity index (χ1) is 5.72. The van der Waals surface area contributed by atoms with Gasteiger partial charge in [0.05, 0.1) is 13.1 Å². The van der Waals surface area contributed by atoms with Gasteiger partial charge in [0, 0.05) is 13.6 Å². The number of carbonyl (C=O) groups is 1. The molecule has 0 unspecified atom stereocenters. The fourth-order valence-electron chi connectivity index (χ4n) is 0.632. The van der Waals surface area contributed by atoms with Crippen molar-refractivity contribution in [2.75, 3.05) is 26.7 Å². The molecule has 3 heteroatoms. The Hall–Kier alpha value is -1.01. The van der Waals surface area contributed by atoms with Crippen LogP contribution in [0.3, 0.4) is 0 Å². The quantitative estimate of drug-likeness (QED) is 0.476. The van der Waals surface area contributed by atoms with Gasteiger partial charge in [-0.3, -0.25) is 10.1 Å². The second-order valence-electron chi connectivity index (χ2n) is 2.44. The van der Waals surface area contributed by atoms with Crippen LogP contribution in [0.2, 0.25) is 0 Å². The van der Waals surface area contributed by atoms with Crippen LogP contribution in [0.25, 0.3) is 0 Å². The summed E-state index contributed by atoms with van der Waals surface area (Å²) in [4.78, 5) is 12.8. The van der Waals surface area contributed by atoms with Crippen molar-refractivity contribution in [1.82, 2.24) is 10.2 Å². The molecule has 1 N–H and O–H groups in total. The monoisotopic (exact) mass is 168 g/mol. The molecule has 3 nitrogen and oxygen atoms in total. The van der Waals surface area contributed by atoms with E-state index in [0.717, 1.165) is 6.54 Å². The molecule has 0 rings (SSSR count). The van der Waals surface area contributed by atoms with Crippen LogP contribution in [0, 0.1) is 11.8 Å². The number of amides is 1. The first kappa shape index (κ1) is 11.0. The maximum Gasteiger partial charge on any atom is 0.236 e. The molecule has 0 aromatic heterocycles. The van der Waals surface area contributed by atoms with Crippen molar-refractivity contribution in [1.29, 1.82) is 0 Å². The fraction of sp³-hybridized carbons (Fsp3) is 0.667. The summed E-state index contributed by atoms with van der Waals surface area (Å²) < 4.78 is 0. The van der Waals surface area contributed by atoms with E-state index >= 15 is 0 Å². The van der Waals surface area contributed by atoms with Gasteiger partial charge in [-0.15, -0.1) is 5.92 Å². The normalized spacial score (nSPS) is 8.58. The molecule has 0 aromatic rings. The highest BCUT2D eigenvalue weighted by Gasteiger charge is 2.03.